The molecule has 0 heterocycles. The fourth-order valence-electron chi connectivity index (χ4n) is 2.44. The molecule has 0 unspecified atom stereocenters. The van der Waals surface area contributed by atoms with E-state index in [1.807, 2.05) is 37.3 Å². The average Bonchev–Trinajstić information content (AvgIpc) is 2.49. The molecular weight excluding hydrogens is 324 g/mol. The summed E-state index contributed by atoms with van der Waals surface area (Å²) in [6.45, 7) is 8.32. The molecule has 128 valence electrons. The molecule has 0 spiro atoms. The zero-order chi connectivity index (χ0) is 17.9. The van der Waals surface area contributed by atoms with E-state index in [1.165, 1.54) is 5.56 Å². The van der Waals surface area contributed by atoms with Crippen molar-refractivity contribution in [2.75, 3.05) is 0 Å². The number of aliphatic carboxylic acids is 1. The molecule has 0 bridgehead atoms. The second-order valence-corrected chi connectivity index (χ2v) is 7.43. The highest BCUT2D eigenvalue weighted by Crippen LogP contribution is 2.25. The monoisotopic (exact) mass is 346 g/mol. The highest BCUT2D eigenvalue weighted by molar-refractivity contribution is 6.30. The third-order valence-electron chi connectivity index (χ3n) is 3.99. The Balaban J connectivity index is 2.17. The minimum absolute atomic E-state index is 0.0443. The number of carboxylic acid groups (broad SMARTS) is 1. The van der Waals surface area contributed by atoms with E-state index in [0.717, 1.165) is 11.1 Å². The van der Waals surface area contributed by atoms with Crippen LogP contribution in [0.4, 0.5) is 0 Å². The van der Waals surface area contributed by atoms with Gasteiger partial charge in [0.2, 0.25) is 0 Å². The lowest BCUT2D eigenvalue weighted by atomic mass is 9.87. The first-order valence-electron chi connectivity index (χ1n) is 7.92. The average molecular weight is 347 g/mol. The van der Waals surface area contributed by atoms with Crippen LogP contribution in [0, 0.1) is 6.92 Å². The van der Waals surface area contributed by atoms with Gasteiger partial charge in [0.25, 0.3) is 0 Å². The van der Waals surface area contributed by atoms with Crippen LogP contribution in [-0.4, -0.2) is 17.2 Å². The van der Waals surface area contributed by atoms with Crippen LogP contribution in [0.5, 0.6) is 5.75 Å². The minimum atomic E-state index is -0.991. The normalized spacial score (nSPS) is 12.7. The van der Waals surface area contributed by atoms with Gasteiger partial charge >= 0.3 is 5.97 Å². The zero-order valence-electron chi connectivity index (χ0n) is 14.5. The number of carboxylic acids is 1. The predicted octanol–water partition coefficient (Wildman–Crippen LogP) is 5.02. The SMILES string of the molecule is Cc1ccc(Cl)cc1C[C@H](Oc1ccc(C(C)(C)C)cc1)C(=O)O. The van der Waals surface area contributed by atoms with Gasteiger partial charge in [-0.3, -0.25) is 0 Å². The van der Waals surface area contributed by atoms with Crippen molar-refractivity contribution in [2.24, 2.45) is 0 Å². The van der Waals surface area contributed by atoms with Crippen LogP contribution >= 0.6 is 11.6 Å². The predicted molar refractivity (Wildman–Crippen MR) is 97.1 cm³/mol. The number of carbonyl (C=O) groups is 1. The number of ether oxygens (including phenoxy) is 1. The summed E-state index contributed by atoms with van der Waals surface area (Å²) in [5, 5.41) is 10.1. The fourth-order valence-corrected chi connectivity index (χ4v) is 2.63. The molecule has 0 fully saturated rings. The Morgan fingerprint density at radius 3 is 2.33 bits per heavy atom. The lowest BCUT2D eigenvalue weighted by Crippen LogP contribution is -2.29. The number of hydrogen-bond donors (Lipinski definition) is 1. The maximum absolute atomic E-state index is 11.6. The standard InChI is InChI=1S/C20H23ClO3/c1-13-5-8-16(21)11-14(13)12-18(19(22)23)24-17-9-6-15(7-10-17)20(2,3)4/h5-11,18H,12H2,1-4H3,(H,22,23)/t18-/m0/s1. The molecule has 2 aromatic carbocycles. The Morgan fingerprint density at radius 2 is 1.79 bits per heavy atom. The van der Waals surface area contributed by atoms with Gasteiger partial charge in [0.1, 0.15) is 5.75 Å². The summed E-state index contributed by atoms with van der Waals surface area (Å²) in [6.07, 6.45) is -0.689. The van der Waals surface area contributed by atoms with Crippen molar-refractivity contribution in [1.82, 2.24) is 0 Å². The van der Waals surface area contributed by atoms with Crippen molar-refractivity contribution in [3.05, 3.63) is 64.2 Å². The molecular formula is C20H23ClO3. The molecule has 1 N–H and O–H groups in total. The van der Waals surface area contributed by atoms with Gasteiger partial charge in [-0.15, -0.1) is 0 Å². The first-order chi connectivity index (χ1) is 11.2. The van der Waals surface area contributed by atoms with Crippen molar-refractivity contribution >= 4 is 17.6 Å². The van der Waals surface area contributed by atoms with Gasteiger partial charge in [-0.1, -0.05) is 50.6 Å². The summed E-state index contributed by atoms with van der Waals surface area (Å²) >= 11 is 6.01. The molecule has 0 aliphatic carbocycles. The largest absolute Gasteiger partial charge is 0.478 e. The van der Waals surface area contributed by atoms with Gasteiger partial charge in [0.05, 0.1) is 0 Å². The molecule has 0 aliphatic rings. The zero-order valence-corrected chi connectivity index (χ0v) is 15.2. The van der Waals surface area contributed by atoms with Crippen LogP contribution < -0.4 is 4.74 Å². The number of aryl methyl sites for hydroxylation is 1. The molecule has 0 saturated heterocycles. The summed E-state index contributed by atoms with van der Waals surface area (Å²) in [5.74, 6) is -0.440. The van der Waals surface area contributed by atoms with E-state index in [0.29, 0.717) is 10.8 Å². The van der Waals surface area contributed by atoms with Crippen molar-refractivity contribution in [3.8, 4) is 5.75 Å². The van der Waals surface area contributed by atoms with Crippen LogP contribution in [0.1, 0.15) is 37.5 Å². The van der Waals surface area contributed by atoms with E-state index in [4.69, 9.17) is 16.3 Å². The van der Waals surface area contributed by atoms with Gasteiger partial charge < -0.3 is 9.84 Å². The first kappa shape index (κ1) is 18.3. The van der Waals surface area contributed by atoms with Gasteiger partial charge in [0.15, 0.2) is 6.10 Å². The van der Waals surface area contributed by atoms with Crippen molar-refractivity contribution in [3.63, 3.8) is 0 Å². The van der Waals surface area contributed by atoms with Gasteiger partial charge in [0, 0.05) is 11.4 Å². The summed E-state index contributed by atoms with van der Waals surface area (Å²) in [5.41, 5.74) is 3.09. The molecule has 2 rings (SSSR count). The quantitative estimate of drug-likeness (QED) is 0.826. The molecule has 3 nitrogen and oxygen atoms in total. The summed E-state index contributed by atoms with van der Waals surface area (Å²) in [6, 6.07) is 13.1. The third kappa shape index (κ3) is 4.75. The highest BCUT2D eigenvalue weighted by Gasteiger charge is 2.21. The Kier molecular flexibility index (Phi) is 5.55. The second-order valence-electron chi connectivity index (χ2n) is 6.99. The van der Waals surface area contributed by atoms with Crippen molar-refractivity contribution < 1.29 is 14.6 Å². The van der Waals surface area contributed by atoms with E-state index in [9.17, 15) is 9.90 Å². The van der Waals surface area contributed by atoms with Crippen LogP contribution in [0.2, 0.25) is 5.02 Å². The molecule has 0 amide bonds. The van der Waals surface area contributed by atoms with Crippen molar-refractivity contribution in [2.45, 2.75) is 45.6 Å². The van der Waals surface area contributed by atoms with Crippen molar-refractivity contribution in [1.29, 1.82) is 0 Å². The molecule has 2 aromatic rings. The van der Waals surface area contributed by atoms with E-state index in [1.54, 1.807) is 12.1 Å². The fraction of sp³-hybridized carbons (Fsp3) is 0.350. The van der Waals surface area contributed by atoms with Gasteiger partial charge in [-0.05, 0) is 53.3 Å². The molecule has 1 atom stereocenters. The van der Waals surface area contributed by atoms with E-state index in [-0.39, 0.29) is 11.8 Å². The number of rotatable bonds is 5. The van der Waals surface area contributed by atoms with Crippen LogP contribution in [0.15, 0.2) is 42.5 Å². The highest BCUT2D eigenvalue weighted by atomic mass is 35.5. The summed E-state index contributed by atoms with van der Waals surface area (Å²) < 4.78 is 5.70. The summed E-state index contributed by atoms with van der Waals surface area (Å²) in [7, 11) is 0. The molecule has 24 heavy (non-hydrogen) atoms. The molecule has 0 aliphatic heterocycles. The third-order valence-corrected chi connectivity index (χ3v) is 4.23. The molecule has 0 aromatic heterocycles. The van der Waals surface area contributed by atoms with Crippen LogP contribution in [-0.2, 0) is 16.6 Å². The maximum atomic E-state index is 11.6. The van der Waals surface area contributed by atoms with E-state index < -0.39 is 12.1 Å². The van der Waals surface area contributed by atoms with Crippen LogP contribution in [0.25, 0.3) is 0 Å². The van der Waals surface area contributed by atoms with E-state index >= 15 is 0 Å². The maximum Gasteiger partial charge on any atom is 0.345 e. The summed E-state index contributed by atoms with van der Waals surface area (Å²) in [4.78, 5) is 11.6. The Labute approximate surface area is 148 Å². The van der Waals surface area contributed by atoms with E-state index in [2.05, 4.69) is 20.8 Å². The van der Waals surface area contributed by atoms with Crippen LogP contribution in [0.3, 0.4) is 0 Å². The molecule has 0 radical (unpaired) electrons. The Bertz CT molecular complexity index is 715. The number of hydrogen-bond acceptors (Lipinski definition) is 2. The first-order valence-corrected chi connectivity index (χ1v) is 8.29. The van der Waals surface area contributed by atoms with Gasteiger partial charge in [-0.25, -0.2) is 4.79 Å². The lowest BCUT2D eigenvalue weighted by Gasteiger charge is -2.20. The number of halogens is 1. The smallest absolute Gasteiger partial charge is 0.345 e. The number of benzene rings is 2. The Hall–Kier alpha value is -2.00. The molecule has 0 saturated carbocycles. The van der Waals surface area contributed by atoms with Gasteiger partial charge in [-0.2, -0.15) is 0 Å². The lowest BCUT2D eigenvalue weighted by molar-refractivity contribution is -0.145. The minimum Gasteiger partial charge on any atom is -0.478 e. The topological polar surface area (TPSA) is 46.5 Å². The molecule has 4 heteroatoms. The Morgan fingerprint density at radius 1 is 1.17 bits per heavy atom. The second kappa shape index (κ2) is 7.27.